The number of alkyl halides is 1. The van der Waals surface area contributed by atoms with Gasteiger partial charge in [-0.25, -0.2) is 0 Å². The van der Waals surface area contributed by atoms with E-state index in [1.165, 1.54) is 16.6 Å². The van der Waals surface area contributed by atoms with Crippen molar-refractivity contribution in [2.24, 2.45) is 0 Å². The standard InChI is InChI=1S/C6H13IOS2/c7-3-1-5-9-10-6-2-4-8/h8H,1-6H2. The summed E-state index contributed by atoms with van der Waals surface area (Å²) in [5, 5.41) is 8.45. The molecule has 0 amide bonds. The molecule has 0 aliphatic carbocycles. The lowest BCUT2D eigenvalue weighted by Gasteiger charge is -1.96. The lowest BCUT2D eigenvalue weighted by molar-refractivity contribution is 0.296. The first-order chi connectivity index (χ1) is 4.91. The van der Waals surface area contributed by atoms with Crippen LogP contribution in [0, 0.1) is 0 Å². The van der Waals surface area contributed by atoms with Crippen molar-refractivity contribution in [2.75, 3.05) is 22.5 Å². The number of hydrogen-bond acceptors (Lipinski definition) is 3. The van der Waals surface area contributed by atoms with Gasteiger partial charge in [-0.15, -0.1) is 0 Å². The molecule has 0 heterocycles. The van der Waals surface area contributed by atoms with Crippen LogP contribution < -0.4 is 0 Å². The molecule has 0 rings (SSSR count). The highest BCUT2D eigenvalue weighted by Crippen LogP contribution is 2.22. The van der Waals surface area contributed by atoms with Crippen LogP contribution in [0.3, 0.4) is 0 Å². The molecule has 0 radical (unpaired) electrons. The van der Waals surface area contributed by atoms with Gasteiger partial charge in [0.15, 0.2) is 0 Å². The zero-order chi connectivity index (χ0) is 7.66. The Labute approximate surface area is 84.3 Å². The molecule has 0 aliphatic rings. The molecule has 0 aliphatic heterocycles. The third kappa shape index (κ3) is 9.39. The Balaban J connectivity index is 2.65. The molecule has 0 unspecified atom stereocenters. The first-order valence-corrected chi connectivity index (χ1v) is 7.34. The van der Waals surface area contributed by atoms with Crippen LogP contribution in [0.25, 0.3) is 0 Å². The van der Waals surface area contributed by atoms with Crippen LogP contribution in [0.5, 0.6) is 0 Å². The lowest BCUT2D eigenvalue weighted by atomic mass is 10.5. The van der Waals surface area contributed by atoms with Crippen molar-refractivity contribution in [2.45, 2.75) is 12.8 Å². The maximum absolute atomic E-state index is 8.45. The molecule has 4 heteroatoms. The number of aliphatic hydroxyl groups is 1. The number of rotatable bonds is 7. The van der Waals surface area contributed by atoms with Gasteiger partial charge < -0.3 is 5.11 Å². The van der Waals surface area contributed by atoms with Crippen LogP contribution in [0.15, 0.2) is 0 Å². The van der Waals surface area contributed by atoms with Crippen LogP contribution in [-0.4, -0.2) is 27.6 Å². The summed E-state index contributed by atoms with van der Waals surface area (Å²) < 4.78 is 1.26. The number of halogens is 1. The summed E-state index contributed by atoms with van der Waals surface area (Å²) in [6.07, 6.45) is 2.24. The van der Waals surface area contributed by atoms with Crippen molar-refractivity contribution in [3.63, 3.8) is 0 Å². The van der Waals surface area contributed by atoms with Crippen molar-refractivity contribution < 1.29 is 5.11 Å². The van der Waals surface area contributed by atoms with E-state index in [-0.39, 0.29) is 0 Å². The van der Waals surface area contributed by atoms with Crippen LogP contribution in [0.4, 0.5) is 0 Å². The Hall–Kier alpha value is 1.39. The zero-order valence-electron chi connectivity index (χ0n) is 5.88. The highest BCUT2D eigenvalue weighted by Gasteiger charge is 1.88. The summed E-state index contributed by atoms with van der Waals surface area (Å²) in [5.41, 5.74) is 0. The fraction of sp³-hybridized carbons (Fsp3) is 1.00. The molecule has 0 atom stereocenters. The Kier molecular flexibility index (Phi) is 11.8. The van der Waals surface area contributed by atoms with Gasteiger partial charge in [-0.1, -0.05) is 44.2 Å². The van der Waals surface area contributed by atoms with Gasteiger partial charge in [0.2, 0.25) is 0 Å². The molecule has 0 saturated carbocycles. The van der Waals surface area contributed by atoms with E-state index >= 15 is 0 Å². The summed E-state index contributed by atoms with van der Waals surface area (Å²) >= 11 is 2.39. The molecule has 0 bridgehead atoms. The molecule has 0 spiro atoms. The molecule has 1 N–H and O–H groups in total. The van der Waals surface area contributed by atoms with E-state index in [9.17, 15) is 0 Å². The predicted molar refractivity (Wildman–Crippen MR) is 60.1 cm³/mol. The summed E-state index contributed by atoms with van der Waals surface area (Å²) in [6, 6.07) is 0. The second-order valence-corrected chi connectivity index (χ2v) is 5.54. The first kappa shape index (κ1) is 11.4. The first-order valence-electron chi connectivity index (χ1n) is 3.33. The topological polar surface area (TPSA) is 20.2 Å². The van der Waals surface area contributed by atoms with E-state index < -0.39 is 0 Å². The van der Waals surface area contributed by atoms with Crippen molar-refractivity contribution in [1.82, 2.24) is 0 Å². The Morgan fingerprint density at radius 2 is 1.70 bits per heavy atom. The van der Waals surface area contributed by atoms with E-state index in [2.05, 4.69) is 22.6 Å². The highest BCUT2D eigenvalue weighted by atomic mass is 127. The largest absolute Gasteiger partial charge is 0.396 e. The minimum Gasteiger partial charge on any atom is -0.396 e. The highest BCUT2D eigenvalue weighted by molar-refractivity contribution is 14.1. The summed E-state index contributed by atoms with van der Waals surface area (Å²) in [7, 11) is 3.79. The smallest absolute Gasteiger partial charge is 0.0439 e. The third-order valence-corrected chi connectivity index (χ3v) is 4.17. The Bertz CT molecular complexity index is 55.7. The molecule has 0 aromatic rings. The van der Waals surface area contributed by atoms with Gasteiger partial charge >= 0.3 is 0 Å². The lowest BCUT2D eigenvalue weighted by Crippen LogP contribution is -1.84. The van der Waals surface area contributed by atoms with E-state index in [1.54, 1.807) is 0 Å². The molecule has 0 aromatic carbocycles. The summed E-state index contributed by atoms with van der Waals surface area (Å²) in [5.74, 6) is 2.33. The van der Waals surface area contributed by atoms with Crippen LogP contribution in [0.2, 0.25) is 0 Å². The molecule has 0 aromatic heterocycles. The third-order valence-electron chi connectivity index (χ3n) is 0.830. The Morgan fingerprint density at radius 3 is 2.20 bits per heavy atom. The quantitative estimate of drug-likeness (QED) is 0.337. The van der Waals surface area contributed by atoms with Crippen molar-refractivity contribution in [3.8, 4) is 0 Å². The maximum atomic E-state index is 8.45. The van der Waals surface area contributed by atoms with Crippen molar-refractivity contribution in [3.05, 3.63) is 0 Å². The van der Waals surface area contributed by atoms with Gasteiger partial charge in [-0.3, -0.25) is 0 Å². The fourth-order valence-electron chi connectivity index (χ4n) is 0.355. The Morgan fingerprint density at radius 1 is 1.10 bits per heavy atom. The second kappa shape index (κ2) is 10.4. The van der Waals surface area contributed by atoms with Crippen LogP contribution >= 0.6 is 44.2 Å². The average Bonchev–Trinajstić information content (AvgIpc) is 1.97. The van der Waals surface area contributed by atoms with E-state index in [0.29, 0.717) is 6.61 Å². The van der Waals surface area contributed by atoms with Gasteiger partial charge in [0, 0.05) is 22.5 Å². The average molecular weight is 292 g/mol. The van der Waals surface area contributed by atoms with E-state index in [0.717, 1.165) is 12.2 Å². The molecule has 10 heavy (non-hydrogen) atoms. The van der Waals surface area contributed by atoms with E-state index in [1.807, 2.05) is 21.6 Å². The van der Waals surface area contributed by atoms with Crippen molar-refractivity contribution >= 4 is 44.2 Å². The fourth-order valence-corrected chi connectivity index (χ4v) is 3.41. The normalized spacial score (nSPS) is 10.2. The minimum absolute atomic E-state index is 0.333. The molecule has 62 valence electrons. The van der Waals surface area contributed by atoms with E-state index in [4.69, 9.17) is 5.11 Å². The molecule has 1 nitrogen and oxygen atoms in total. The maximum Gasteiger partial charge on any atom is 0.0439 e. The monoisotopic (exact) mass is 292 g/mol. The zero-order valence-corrected chi connectivity index (χ0v) is 9.67. The number of hydrogen-bond donors (Lipinski definition) is 1. The molecule has 0 fully saturated rings. The summed E-state index contributed by atoms with van der Waals surface area (Å²) in [6.45, 7) is 0.333. The second-order valence-electron chi connectivity index (χ2n) is 1.76. The van der Waals surface area contributed by atoms with Gasteiger partial charge in [0.05, 0.1) is 0 Å². The molecular weight excluding hydrogens is 279 g/mol. The SMILES string of the molecule is OCCCSSCCCI. The predicted octanol–water partition coefficient (Wildman–Crippen LogP) is 2.58. The van der Waals surface area contributed by atoms with Gasteiger partial charge in [-0.2, -0.15) is 0 Å². The van der Waals surface area contributed by atoms with Crippen LogP contribution in [0.1, 0.15) is 12.8 Å². The van der Waals surface area contributed by atoms with Gasteiger partial charge in [0.25, 0.3) is 0 Å². The summed E-state index contributed by atoms with van der Waals surface area (Å²) in [4.78, 5) is 0. The molecule has 0 saturated heterocycles. The van der Waals surface area contributed by atoms with Gasteiger partial charge in [-0.05, 0) is 12.8 Å². The van der Waals surface area contributed by atoms with Crippen LogP contribution in [-0.2, 0) is 0 Å². The van der Waals surface area contributed by atoms with Gasteiger partial charge in [0.1, 0.15) is 0 Å². The minimum atomic E-state index is 0.333. The molecular formula is C6H13IOS2. The van der Waals surface area contributed by atoms with Crippen molar-refractivity contribution in [1.29, 1.82) is 0 Å². The number of aliphatic hydroxyl groups excluding tert-OH is 1.